The molecule has 2 atom stereocenters. The van der Waals surface area contributed by atoms with Gasteiger partial charge in [0.05, 0.1) is 6.21 Å². The van der Waals surface area contributed by atoms with E-state index < -0.39 is 40.8 Å². The number of nitrogens with zero attached hydrogens (tertiary/aromatic N) is 2. The van der Waals surface area contributed by atoms with Gasteiger partial charge in [-0.25, -0.2) is 13.2 Å². The Labute approximate surface area is 183 Å². The van der Waals surface area contributed by atoms with Crippen LogP contribution in [0.2, 0.25) is 0 Å². The van der Waals surface area contributed by atoms with Crippen molar-refractivity contribution in [2.24, 2.45) is 4.99 Å². The lowest BCUT2D eigenvalue weighted by Crippen LogP contribution is -2.36. The Morgan fingerprint density at radius 1 is 1.16 bits per heavy atom. The molecule has 0 saturated carbocycles. The van der Waals surface area contributed by atoms with E-state index in [9.17, 15) is 27.9 Å². The minimum Gasteiger partial charge on any atom is -0.504 e. The Morgan fingerprint density at radius 2 is 1.84 bits per heavy atom. The molecule has 8 heteroatoms. The average Bonchev–Trinajstić information content (AvgIpc) is 3.23. The lowest BCUT2D eigenvalue weighted by Gasteiger charge is -2.28. The van der Waals surface area contributed by atoms with Crippen LogP contribution in [0.3, 0.4) is 0 Å². The van der Waals surface area contributed by atoms with Gasteiger partial charge < -0.3 is 10.0 Å². The number of carbonyl (C=O) groups is 2. The minimum absolute atomic E-state index is 0.114. The molecule has 0 bridgehead atoms. The van der Waals surface area contributed by atoms with Gasteiger partial charge in [0.1, 0.15) is 17.5 Å². The fraction of sp³-hybridized carbons (Fsp3) is 0.292. The van der Waals surface area contributed by atoms with Gasteiger partial charge in [-0.05, 0) is 60.7 Å². The monoisotopic (exact) mass is 444 g/mol. The zero-order valence-corrected chi connectivity index (χ0v) is 17.5. The van der Waals surface area contributed by atoms with E-state index >= 15 is 0 Å². The Hall–Kier alpha value is -3.42. The molecule has 2 aromatic carbocycles. The molecule has 0 aliphatic carbocycles. The van der Waals surface area contributed by atoms with Crippen molar-refractivity contribution in [3.05, 3.63) is 82.9 Å². The van der Waals surface area contributed by atoms with Crippen molar-refractivity contribution in [1.29, 1.82) is 0 Å². The van der Waals surface area contributed by atoms with E-state index in [-0.39, 0.29) is 18.0 Å². The first kappa shape index (κ1) is 23.2. The Morgan fingerprint density at radius 3 is 2.53 bits per heavy atom. The highest BCUT2D eigenvalue weighted by molar-refractivity contribution is 6.34. The molecule has 1 saturated heterocycles. The van der Waals surface area contributed by atoms with Crippen molar-refractivity contribution in [2.75, 3.05) is 13.6 Å². The normalized spacial score (nSPS) is 17.7. The van der Waals surface area contributed by atoms with Crippen LogP contribution in [0.25, 0.3) is 0 Å². The summed E-state index contributed by atoms with van der Waals surface area (Å²) < 4.78 is 42.0. The maximum absolute atomic E-state index is 14.6. The highest BCUT2D eigenvalue weighted by Gasteiger charge is 2.32. The number of benzene rings is 2. The van der Waals surface area contributed by atoms with Gasteiger partial charge in [-0.2, -0.15) is 0 Å². The van der Waals surface area contributed by atoms with Crippen LogP contribution < -0.4 is 0 Å². The van der Waals surface area contributed by atoms with Crippen molar-refractivity contribution >= 4 is 17.9 Å². The van der Waals surface area contributed by atoms with Crippen LogP contribution in [-0.4, -0.2) is 47.5 Å². The van der Waals surface area contributed by atoms with E-state index in [2.05, 4.69) is 4.99 Å². The number of halogens is 3. The Bertz CT molecular complexity index is 1050. The SMILES string of the molecule is CN=CC(=O)/C(O)=C/C(=O)N1CCC[C@@H]1C[C@@H](c1ccc(F)cc1)c1cc(F)ccc1F. The van der Waals surface area contributed by atoms with Gasteiger partial charge in [-0.1, -0.05) is 12.1 Å². The third-order valence-electron chi connectivity index (χ3n) is 5.53. The summed E-state index contributed by atoms with van der Waals surface area (Å²) in [5, 5.41) is 9.84. The lowest BCUT2D eigenvalue weighted by molar-refractivity contribution is -0.127. The van der Waals surface area contributed by atoms with Crippen molar-refractivity contribution in [3.8, 4) is 0 Å². The van der Waals surface area contributed by atoms with Gasteiger partial charge in [-0.15, -0.1) is 0 Å². The smallest absolute Gasteiger partial charge is 0.250 e. The van der Waals surface area contributed by atoms with E-state index in [1.54, 1.807) is 0 Å². The average molecular weight is 444 g/mol. The molecule has 1 amide bonds. The van der Waals surface area contributed by atoms with Gasteiger partial charge in [0.15, 0.2) is 5.76 Å². The van der Waals surface area contributed by atoms with Gasteiger partial charge >= 0.3 is 0 Å². The number of aliphatic hydroxyl groups is 1. The minimum atomic E-state index is -0.789. The van der Waals surface area contributed by atoms with Crippen LogP contribution in [-0.2, 0) is 9.59 Å². The zero-order valence-electron chi connectivity index (χ0n) is 17.5. The van der Waals surface area contributed by atoms with Crippen molar-refractivity contribution in [1.82, 2.24) is 4.90 Å². The van der Waals surface area contributed by atoms with Crippen LogP contribution in [0.1, 0.15) is 36.3 Å². The third-order valence-corrected chi connectivity index (χ3v) is 5.53. The number of hydrogen-bond acceptors (Lipinski definition) is 4. The van der Waals surface area contributed by atoms with Crippen LogP contribution >= 0.6 is 0 Å². The van der Waals surface area contributed by atoms with Crippen LogP contribution in [0.4, 0.5) is 13.2 Å². The van der Waals surface area contributed by atoms with Crippen molar-refractivity contribution in [2.45, 2.75) is 31.2 Å². The molecule has 0 unspecified atom stereocenters. The van der Waals surface area contributed by atoms with E-state index in [0.717, 1.165) is 30.5 Å². The summed E-state index contributed by atoms with van der Waals surface area (Å²) in [5.74, 6) is -4.35. The first-order valence-corrected chi connectivity index (χ1v) is 10.2. The highest BCUT2D eigenvalue weighted by Crippen LogP contribution is 2.35. The standard InChI is InChI=1S/C24H23F3N2O3/c1-28-14-23(31)22(30)13-24(32)29-10-2-3-18(29)12-19(15-4-6-16(25)7-5-15)20-11-17(26)8-9-21(20)27/h4-9,11,13-14,18-19,30H,2-3,10,12H2,1H3/b22-13-,28-14?/t18-,19+/m1/s1. The maximum atomic E-state index is 14.6. The summed E-state index contributed by atoms with van der Waals surface area (Å²) in [6.45, 7) is 0.394. The molecule has 3 rings (SSSR count). The molecule has 1 aliphatic rings. The zero-order chi connectivity index (χ0) is 23.3. The quantitative estimate of drug-likeness (QED) is 0.393. The molecule has 1 heterocycles. The first-order valence-electron chi connectivity index (χ1n) is 10.2. The molecule has 5 nitrogen and oxygen atoms in total. The molecule has 0 aromatic heterocycles. The molecule has 1 fully saturated rings. The molecule has 168 valence electrons. The summed E-state index contributed by atoms with van der Waals surface area (Å²) in [5.41, 5.74) is 0.701. The van der Waals surface area contributed by atoms with Crippen molar-refractivity contribution < 1.29 is 27.9 Å². The number of ketones is 1. The van der Waals surface area contributed by atoms with E-state index in [1.165, 1.54) is 36.2 Å². The predicted octanol–water partition coefficient (Wildman–Crippen LogP) is 4.33. The van der Waals surface area contributed by atoms with E-state index in [1.807, 2.05) is 0 Å². The number of rotatable bonds is 7. The fourth-order valence-corrected chi connectivity index (χ4v) is 4.02. The summed E-state index contributed by atoms with van der Waals surface area (Å²) in [4.78, 5) is 29.4. The molecular weight excluding hydrogens is 421 g/mol. The molecule has 1 aliphatic heterocycles. The molecule has 32 heavy (non-hydrogen) atoms. The second-order valence-electron chi connectivity index (χ2n) is 7.61. The van der Waals surface area contributed by atoms with Gasteiger partial charge in [0.2, 0.25) is 5.78 Å². The summed E-state index contributed by atoms with van der Waals surface area (Å²) >= 11 is 0. The molecule has 2 aromatic rings. The predicted molar refractivity (Wildman–Crippen MR) is 114 cm³/mol. The van der Waals surface area contributed by atoms with E-state index in [4.69, 9.17) is 0 Å². The molecule has 1 N–H and O–H groups in total. The van der Waals surface area contributed by atoms with Crippen LogP contribution in [0.15, 0.2) is 59.3 Å². The molecule has 0 radical (unpaired) electrons. The highest BCUT2D eigenvalue weighted by atomic mass is 19.1. The molecule has 0 spiro atoms. The summed E-state index contributed by atoms with van der Waals surface area (Å²) in [6.07, 6.45) is 3.29. The van der Waals surface area contributed by atoms with Gasteiger partial charge in [-0.3, -0.25) is 14.6 Å². The number of hydrogen-bond donors (Lipinski definition) is 1. The number of aliphatic imine (C=N–C) groups is 1. The van der Waals surface area contributed by atoms with Crippen molar-refractivity contribution in [3.63, 3.8) is 0 Å². The number of amides is 1. The summed E-state index contributed by atoms with van der Waals surface area (Å²) in [7, 11) is 1.37. The second-order valence-corrected chi connectivity index (χ2v) is 7.61. The second kappa shape index (κ2) is 10.3. The maximum Gasteiger partial charge on any atom is 0.250 e. The largest absolute Gasteiger partial charge is 0.504 e. The van der Waals surface area contributed by atoms with E-state index in [0.29, 0.717) is 24.9 Å². The fourth-order valence-electron chi connectivity index (χ4n) is 4.02. The lowest BCUT2D eigenvalue weighted by atomic mass is 9.85. The Kier molecular flexibility index (Phi) is 7.45. The number of allylic oxidation sites excluding steroid dienone is 1. The molecular formula is C24H23F3N2O3. The van der Waals surface area contributed by atoms with Crippen LogP contribution in [0.5, 0.6) is 0 Å². The number of likely N-dealkylation sites (tertiary alicyclic amines) is 1. The summed E-state index contributed by atoms with van der Waals surface area (Å²) in [6, 6.07) is 8.35. The van der Waals surface area contributed by atoms with Gasteiger partial charge in [0.25, 0.3) is 5.91 Å². The van der Waals surface area contributed by atoms with Gasteiger partial charge in [0, 0.05) is 31.6 Å². The number of aliphatic hydroxyl groups excluding tert-OH is 1. The Balaban J connectivity index is 1.90. The third kappa shape index (κ3) is 5.43. The van der Waals surface area contributed by atoms with Crippen LogP contribution in [0, 0.1) is 17.5 Å². The number of carbonyl (C=O) groups excluding carboxylic acids is 2. The number of Topliss-reactive ketones (excluding diaryl/α,β-unsaturated/α-hetero) is 1. The topological polar surface area (TPSA) is 70.0 Å². The first-order chi connectivity index (χ1) is 15.3.